The second-order valence-corrected chi connectivity index (χ2v) is 3.37. The Labute approximate surface area is 72.6 Å². The molecular formula is C5H3ClN2S2. The van der Waals surface area contributed by atoms with Crippen LogP contribution < -0.4 is 0 Å². The van der Waals surface area contributed by atoms with Gasteiger partial charge in [-0.25, -0.2) is 9.98 Å². The van der Waals surface area contributed by atoms with Gasteiger partial charge in [0.25, 0.3) is 0 Å². The highest BCUT2D eigenvalue weighted by Crippen LogP contribution is 2.17. The Morgan fingerprint density at radius 2 is 2.70 bits per heavy atom. The summed E-state index contributed by atoms with van der Waals surface area (Å²) < 4.78 is 0.537. The number of thiocarbonyl (C=S) groups is 1. The summed E-state index contributed by atoms with van der Waals surface area (Å²) in [7, 11) is 0. The molecule has 0 aromatic carbocycles. The molecule has 0 aliphatic heterocycles. The van der Waals surface area contributed by atoms with Crippen molar-refractivity contribution in [3.05, 3.63) is 15.5 Å². The summed E-state index contributed by atoms with van der Waals surface area (Å²) >= 11 is 11.4. The zero-order chi connectivity index (χ0) is 7.40. The lowest BCUT2D eigenvalue weighted by atomic mass is 10.6. The SMILES string of the molecule is S=C=NCc1cnc(Cl)s1. The molecule has 0 amide bonds. The number of thiazole rings is 1. The minimum Gasteiger partial charge on any atom is -0.233 e. The molecule has 1 aromatic heterocycles. The van der Waals surface area contributed by atoms with E-state index in [-0.39, 0.29) is 0 Å². The van der Waals surface area contributed by atoms with Gasteiger partial charge in [-0.3, -0.25) is 0 Å². The van der Waals surface area contributed by atoms with Crippen LogP contribution in [0.5, 0.6) is 0 Å². The number of hydrogen-bond donors (Lipinski definition) is 0. The molecule has 0 saturated carbocycles. The van der Waals surface area contributed by atoms with Crippen molar-refractivity contribution in [1.29, 1.82) is 0 Å². The Bertz CT molecular complexity index is 264. The molecule has 0 atom stereocenters. The van der Waals surface area contributed by atoms with E-state index in [9.17, 15) is 0 Å². The van der Waals surface area contributed by atoms with Crippen molar-refractivity contribution in [2.24, 2.45) is 4.99 Å². The van der Waals surface area contributed by atoms with Crippen LogP contribution in [-0.2, 0) is 6.54 Å². The molecule has 1 rings (SSSR count). The first kappa shape index (κ1) is 7.82. The van der Waals surface area contributed by atoms with E-state index < -0.39 is 0 Å². The van der Waals surface area contributed by atoms with Crippen molar-refractivity contribution in [1.82, 2.24) is 4.98 Å². The molecule has 1 aromatic rings. The van der Waals surface area contributed by atoms with Gasteiger partial charge in [-0.2, -0.15) is 0 Å². The molecule has 0 radical (unpaired) electrons. The number of hydrogen-bond acceptors (Lipinski definition) is 4. The number of isothiocyanates is 1. The van der Waals surface area contributed by atoms with Crippen LogP contribution in [-0.4, -0.2) is 10.1 Å². The first-order valence-corrected chi connectivity index (χ1v) is 4.07. The standard InChI is InChI=1S/C5H3ClN2S2/c6-5-8-2-4(10-5)1-7-3-9/h2H,1H2. The number of nitrogens with zero attached hydrogens (tertiary/aromatic N) is 2. The van der Waals surface area contributed by atoms with Crippen LogP contribution in [0.4, 0.5) is 0 Å². The number of rotatable bonds is 2. The summed E-state index contributed by atoms with van der Waals surface area (Å²) in [5.74, 6) is 0. The van der Waals surface area contributed by atoms with Crippen molar-refractivity contribution in [2.75, 3.05) is 0 Å². The topological polar surface area (TPSA) is 25.2 Å². The summed E-state index contributed by atoms with van der Waals surface area (Å²) in [4.78, 5) is 8.57. The molecule has 10 heavy (non-hydrogen) atoms. The average Bonchev–Trinajstić information content (AvgIpc) is 2.31. The molecule has 52 valence electrons. The van der Waals surface area contributed by atoms with E-state index in [1.54, 1.807) is 6.20 Å². The van der Waals surface area contributed by atoms with Gasteiger partial charge in [-0.05, 0) is 12.2 Å². The van der Waals surface area contributed by atoms with Gasteiger partial charge < -0.3 is 0 Å². The molecule has 0 N–H and O–H groups in total. The van der Waals surface area contributed by atoms with Gasteiger partial charge in [-0.1, -0.05) is 11.6 Å². The van der Waals surface area contributed by atoms with E-state index in [1.165, 1.54) is 11.3 Å². The van der Waals surface area contributed by atoms with Gasteiger partial charge in [0, 0.05) is 11.1 Å². The molecule has 1 heterocycles. The smallest absolute Gasteiger partial charge is 0.183 e. The molecule has 2 nitrogen and oxygen atoms in total. The van der Waals surface area contributed by atoms with Crippen molar-refractivity contribution < 1.29 is 0 Å². The first-order chi connectivity index (χ1) is 4.83. The maximum atomic E-state index is 5.56. The molecule has 0 aliphatic carbocycles. The number of halogens is 1. The Morgan fingerprint density at radius 1 is 1.90 bits per heavy atom. The van der Waals surface area contributed by atoms with Crippen LogP contribution in [0.25, 0.3) is 0 Å². The highest BCUT2D eigenvalue weighted by atomic mass is 35.5. The van der Waals surface area contributed by atoms with Crippen LogP contribution in [0.3, 0.4) is 0 Å². The van der Waals surface area contributed by atoms with E-state index in [0.29, 0.717) is 11.0 Å². The van der Waals surface area contributed by atoms with Gasteiger partial charge in [0.05, 0.1) is 11.7 Å². The summed E-state index contributed by atoms with van der Waals surface area (Å²) in [6, 6.07) is 0. The maximum Gasteiger partial charge on any atom is 0.183 e. The van der Waals surface area contributed by atoms with Crippen LogP contribution in [0, 0.1) is 0 Å². The third-order valence-corrected chi connectivity index (χ3v) is 2.05. The second kappa shape index (κ2) is 3.78. The lowest BCUT2D eigenvalue weighted by molar-refractivity contribution is 1.11. The van der Waals surface area contributed by atoms with Gasteiger partial charge >= 0.3 is 0 Å². The van der Waals surface area contributed by atoms with E-state index in [2.05, 4.69) is 27.4 Å². The van der Waals surface area contributed by atoms with Crippen molar-refractivity contribution >= 4 is 40.3 Å². The predicted octanol–water partition coefficient (Wildman–Crippen LogP) is 2.40. The number of aliphatic imine (C=N–C) groups is 1. The number of aromatic nitrogens is 1. The molecule has 0 bridgehead atoms. The van der Waals surface area contributed by atoms with Crippen LogP contribution in [0.2, 0.25) is 4.47 Å². The monoisotopic (exact) mass is 190 g/mol. The van der Waals surface area contributed by atoms with Gasteiger partial charge in [0.15, 0.2) is 4.47 Å². The normalized spacial score (nSPS) is 8.90. The minimum atomic E-state index is 0.536. The summed E-state index contributed by atoms with van der Waals surface area (Å²) in [5, 5.41) is 2.27. The fraction of sp³-hybridized carbons (Fsp3) is 0.200. The summed E-state index contributed by atoms with van der Waals surface area (Å²) in [6.07, 6.45) is 1.68. The lowest BCUT2D eigenvalue weighted by Crippen LogP contribution is -1.69. The highest BCUT2D eigenvalue weighted by molar-refractivity contribution is 7.78. The summed E-state index contributed by atoms with van der Waals surface area (Å²) in [5.41, 5.74) is 0. The third kappa shape index (κ3) is 2.15. The maximum absolute atomic E-state index is 5.56. The zero-order valence-corrected chi connectivity index (χ0v) is 7.26. The zero-order valence-electron chi connectivity index (χ0n) is 4.87. The molecule has 5 heteroatoms. The first-order valence-electron chi connectivity index (χ1n) is 2.47. The fourth-order valence-electron chi connectivity index (χ4n) is 0.467. The van der Waals surface area contributed by atoms with Gasteiger partial charge in [0.1, 0.15) is 0 Å². The van der Waals surface area contributed by atoms with E-state index >= 15 is 0 Å². The van der Waals surface area contributed by atoms with Crippen molar-refractivity contribution in [2.45, 2.75) is 6.54 Å². The van der Waals surface area contributed by atoms with Crippen LogP contribution >= 0.6 is 35.2 Å². The second-order valence-electron chi connectivity index (χ2n) is 1.49. The molecule has 0 saturated heterocycles. The third-order valence-electron chi connectivity index (χ3n) is 0.825. The van der Waals surface area contributed by atoms with E-state index in [4.69, 9.17) is 11.6 Å². The van der Waals surface area contributed by atoms with Gasteiger partial charge in [-0.15, -0.1) is 11.3 Å². The van der Waals surface area contributed by atoms with Crippen molar-refractivity contribution in [3.8, 4) is 0 Å². The van der Waals surface area contributed by atoms with Gasteiger partial charge in [0.2, 0.25) is 0 Å². The quantitative estimate of drug-likeness (QED) is 0.529. The molecule has 0 aliphatic rings. The average molecular weight is 191 g/mol. The van der Waals surface area contributed by atoms with E-state index in [1.807, 2.05) is 0 Å². The molecule has 0 unspecified atom stereocenters. The summed E-state index contributed by atoms with van der Waals surface area (Å²) in [6.45, 7) is 0.536. The molecule has 0 spiro atoms. The predicted molar refractivity (Wildman–Crippen MR) is 45.9 cm³/mol. The molecular weight excluding hydrogens is 188 g/mol. The highest BCUT2D eigenvalue weighted by Gasteiger charge is 1.95. The Hall–Kier alpha value is -0.280. The van der Waals surface area contributed by atoms with Crippen LogP contribution in [0.1, 0.15) is 4.88 Å². The lowest BCUT2D eigenvalue weighted by Gasteiger charge is -1.79. The van der Waals surface area contributed by atoms with E-state index in [0.717, 1.165) is 4.88 Å². The molecule has 0 fully saturated rings. The Kier molecular flexibility index (Phi) is 2.96. The Balaban J connectivity index is 2.66. The minimum absolute atomic E-state index is 0.536. The van der Waals surface area contributed by atoms with Crippen LogP contribution in [0.15, 0.2) is 11.2 Å². The Morgan fingerprint density at radius 3 is 3.20 bits per heavy atom. The fourth-order valence-corrected chi connectivity index (χ4v) is 1.43. The largest absolute Gasteiger partial charge is 0.233 e. The van der Waals surface area contributed by atoms with Crippen molar-refractivity contribution in [3.63, 3.8) is 0 Å².